The van der Waals surface area contributed by atoms with Crippen molar-refractivity contribution in [1.82, 2.24) is 4.98 Å². The summed E-state index contributed by atoms with van der Waals surface area (Å²) in [5.74, 6) is 0. The summed E-state index contributed by atoms with van der Waals surface area (Å²) in [6, 6.07) is 8.10. The molecule has 0 aliphatic carbocycles. The average molecular weight is 190 g/mol. The second-order valence-corrected chi connectivity index (χ2v) is 3.45. The molecule has 66 valence electrons. The van der Waals surface area contributed by atoms with Crippen molar-refractivity contribution in [3.05, 3.63) is 40.7 Å². The van der Waals surface area contributed by atoms with Crippen molar-refractivity contribution in [3.63, 3.8) is 0 Å². The van der Waals surface area contributed by atoms with E-state index in [1.54, 1.807) is 11.3 Å². The molecule has 0 amide bonds. The minimum atomic E-state index is 0.563. The fourth-order valence-electron chi connectivity index (χ4n) is 1.29. The van der Waals surface area contributed by atoms with Gasteiger partial charge in [-0.25, -0.2) is 4.98 Å². The fraction of sp³-hybridized carbons (Fsp3) is 0.100. The monoisotopic (exact) mass is 190 g/mol. The average Bonchev–Trinajstić information content (AvgIpc) is 2.70. The minimum Gasteiger partial charge on any atom is -0.326 e. The van der Waals surface area contributed by atoms with E-state index < -0.39 is 0 Å². The Labute approximate surface area is 81.1 Å². The molecule has 0 aliphatic heterocycles. The molecule has 2 N–H and O–H groups in total. The highest BCUT2D eigenvalue weighted by atomic mass is 32.1. The topological polar surface area (TPSA) is 38.9 Å². The molecule has 1 aromatic carbocycles. The van der Waals surface area contributed by atoms with Gasteiger partial charge in [0, 0.05) is 17.5 Å². The third-order valence-corrected chi connectivity index (χ3v) is 2.53. The zero-order chi connectivity index (χ0) is 9.10. The summed E-state index contributed by atoms with van der Waals surface area (Å²) in [6.07, 6.45) is 0. The van der Waals surface area contributed by atoms with Gasteiger partial charge < -0.3 is 5.73 Å². The molecule has 0 unspecified atom stereocenters. The van der Waals surface area contributed by atoms with Gasteiger partial charge in [0.05, 0.1) is 11.2 Å². The van der Waals surface area contributed by atoms with E-state index in [1.807, 2.05) is 29.1 Å². The van der Waals surface area contributed by atoms with Gasteiger partial charge >= 0.3 is 0 Å². The summed E-state index contributed by atoms with van der Waals surface area (Å²) in [4.78, 5) is 4.26. The molecule has 0 saturated carbocycles. The van der Waals surface area contributed by atoms with Gasteiger partial charge in [-0.05, 0) is 5.56 Å². The van der Waals surface area contributed by atoms with E-state index in [2.05, 4.69) is 11.1 Å². The molecule has 0 bridgehead atoms. The zero-order valence-corrected chi connectivity index (χ0v) is 7.92. The molecule has 0 spiro atoms. The summed E-state index contributed by atoms with van der Waals surface area (Å²) < 4.78 is 0. The first-order valence-corrected chi connectivity index (χ1v) is 5.02. The molecule has 0 saturated heterocycles. The highest BCUT2D eigenvalue weighted by Crippen LogP contribution is 2.22. The van der Waals surface area contributed by atoms with E-state index >= 15 is 0 Å². The Kier molecular flexibility index (Phi) is 2.38. The van der Waals surface area contributed by atoms with Gasteiger partial charge in [-0.15, -0.1) is 11.3 Å². The second-order valence-electron chi connectivity index (χ2n) is 2.73. The van der Waals surface area contributed by atoms with Crippen molar-refractivity contribution in [3.8, 4) is 11.3 Å². The van der Waals surface area contributed by atoms with Crippen LogP contribution in [0, 0.1) is 0 Å². The highest BCUT2D eigenvalue weighted by Gasteiger charge is 2.03. The number of hydrogen-bond acceptors (Lipinski definition) is 3. The van der Waals surface area contributed by atoms with Gasteiger partial charge in [-0.1, -0.05) is 24.3 Å². The number of rotatable bonds is 2. The highest BCUT2D eigenvalue weighted by molar-refractivity contribution is 7.07. The second kappa shape index (κ2) is 3.68. The van der Waals surface area contributed by atoms with E-state index in [0.717, 1.165) is 16.8 Å². The standard InChI is InChI=1S/C10H10N2S/c11-5-8-3-1-2-4-9(8)10-6-13-7-12-10/h1-4,6-7H,5,11H2. The molecule has 2 rings (SSSR count). The lowest BCUT2D eigenvalue weighted by molar-refractivity contribution is 1.07. The normalized spacial score (nSPS) is 10.2. The predicted molar refractivity (Wildman–Crippen MR) is 55.4 cm³/mol. The van der Waals surface area contributed by atoms with Crippen molar-refractivity contribution in [2.45, 2.75) is 6.54 Å². The Hall–Kier alpha value is -1.19. The molecule has 1 heterocycles. The largest absolute Gasteiger partial charge is 0.326 e. The van der Waals surface area contributed by atoms with Crippen LogP contribution < -0.4 is 5.73 Å². The van der Waals surface area contributed by atoms with Crippen LogP contribution in [0.2, 0.25) is 0 Å². The lowest BCUT2D eigenvalue weighted by Crippen LogP contribution is -1.98. The van der Waals surface area contributed by atoms with Crippen molar-refractivity contribution >= 4 is 11.3 Å². The Morgan fingerprint density at radius 1 is 1.31 bits per heavy atom. The van der Waals surface area contributed by atoms with Crippen molar-refractivity contribution < 1.29 is 0 Å². The van der Waals surface area contributed by atoms with Gasteiger partial charge in [-0.3, -0.25) is 0 Å². The number of nitrogens with zero attached hydrogens (tertiary/aromatic N) is 1. The lowest BCUT2D eigenvalue weighted by atomic mass is 10.1. The Bertz CT molecular complexity index is 382. The summed E-state index contributed by atoms with van der Waals surface area (Å²) in [7, 11) is 0. The number of thiazole rings is 1. The molecule has 0 fully saturated rings. The van der Waals surface area contributed by atoms with Crippen LogP contribution in [0.4, 0.5) is 0 Å². The van der Waals surface area contributed by atoms with Crippen LogP contribution in [0.25, 0.3) is 11.3 Å². The minimum absolute atomic E-state index is 0.563. The molecule has 3 heteroatoms. The Balaban J connectivity index is 2.51. The molecule has 0 aliphatic rings. The molecule has 13 heavy (non-hydrogen) atoms. The van der Waals surface area contributed by atoms with Crippen LogP contribution in [0.3, 0.4) is 0 Å². The molecule has 0 radical (unpaired) electrons. The SMILES string of the molecule is NCc1ccccc1-c1cscn1. The molecule has 0 atom stereocenters. The molecule has 1 aromatic heterocycles. The fourth-order valence-corrected chi connectivity index (χ4v) is 1.85. The number of aromatic nitrogens is 1. The van der Waals surface area contributed by atoms with Crippen molar-refractivity contribution in [2.24, 2.45) is 5.73 Å². The van der Waals surface area contributed by atoms with Gasteiger partial charge in [0.15, 0.2) is 0 Å². The first-order chi connectivity index (χ1) is 6.42. The van der Waals surface area contributed by atoms with Crippen LogP contribution in [-0.4, -0.2) is 4.98 Å². The quantitative estimate of drug-likeness (QED) is 0.789. The van der Waals surface area contributed by atoms with Gasteiger partial charge in [-0.2, -0.15) is 0 Å². The number of benzene rings is 1. The van der Waals surface area contributed by atoms with E-state index in [0.29, 0.717) is 6.54 Å². The summed E-state index contributed by atoms with van der Waals surface area (Å²) in [5.41, 5.74) is 10.8. The van der Waals surface area contributed by atoms with Crippen molar-refractivity contribution in [1.29, 1.82) is 0 Å². The summed E-state index contributed by atoms with van der Waals surface area (Å²) in [6.45, 7) is 0.563. The molecule has 2 aromatic rings. The van der Waals surface area contributed by atoms with Crippen LogP contribution in [0.5, 0.6) is 0 Å². The third-order valence-electron chi connectivity index (χ3n) is 1.95. The number of hydrogen-bond donors (Lipinski definition) is 1. The third kappa shape index (κ3) is 1.61. The van der Waals surface area contributed by atoms with Crippen LogP contribution in [0.15, 0.2) is 35.2 Å². The van der Waals surface area contributed by atoms with Gasteiger partial charge in [0.25, 0.3) is 0 Å². The molecule has 2 nitrogen and oxygen atoms in total. The van der Waals surface area contributed by atoms with Crippen LogP contribution >= 0.6 is 11.3 Å². The van der Waals surface area contributed by atoms with Crippen LogP contribution in [-0.2, 0) is 6.54 Å². The first kappa shape index (κ1) is 8.41. The summed E-state index contributed by atoms with van der Waals surface area (Å²) in [5, 5.41) is 2.04. The van der Waals surface area contributed by atoms with E-state index in [-0.39, 0.29) is 0 Å². The van der Waals surface area contributed by atoms with Crippen molar-refractivity contribution in [2.75, 3.05) is 0 Å². The Morgan fingerprint density at radius 2 is 2.15 bits per heavy atom. The van der Waals surface area contributed by atoms with E-state index in [9.17, 15) is 0 Å². The maximum Gasteiger partial charge on any atom is 0.0814 e. The molecular formula is C10H10N2S. The van der Waals surface area contributed by atoms with E-state index in [1.165, 1.54) is 0 Å². The van der Waals surface area contributed by atoms with Gasteiger partial charge in [0.2, 0.25) is 0 Å². The van der Waals surface area contributed by atoms with Crippen LogP contribution in [0.1, 0.15) is 5.56 Å². The first-order valence-electron chi connectivity index (χ1n) is 4.08. The zero-order valence-electron chi connectivity index (χ0n) is 7.10. The lowest BCUT2D eigenvalue weighted by Gasteiger charge is -2.03. The predicted octanol–water partition coefficient (Wildman–Crippen LogP) is 2.27. The van der Waals surface area contributed by atoms with Gasteiger partial charge in [0.1, 0.15) is 0 Å². The summed E-state index contributed by atoms with van der Waals surface area (Å²) >= 11 is 1.60. The van der Waals surface area contributed by atoms with E-state index in [4.69, 9.17) is 5.73 Å². The Morgan fingerprint density at radius 3 is 2.85 bits per heavy atom. The molecular weight excluding hydrogens is 180 g/mol. The number of nitrogens with two attached hydrogens (primary N) is 1. The maximum absolute atomic E-state index is 5.63. The smallest absolute Gasteiger partial charge is 0.0814 e. The maximum atomic E-state index is 5.63.